The van der Waals surface area contributed by atoms with E-state index in [1.165, 1.54) is 11.1 Å². The van der Waals surface area contributed by atoms with Gasteiger partial charge in [-0.25, -0.2) is 0 Å². The molecule has 0 radical (unpaired) electrons. The van der Waals surface area contributed by atoms with Crippen LogP contribution in [-0.4, -0.2) is 65.7 Å². The summed E-state index contributed by atoms with van der Waals surface area (Å²) in [5, 5.41) is 30.8. The first kappa shape index (κ1) is 55.8. The van der Waals surface area contributed by atoms with Crippen molar-refractivity contribution >= 4 is 73.7 Å². The van der Waals surface area contributed by atoms with Gasteiger partial charge in [0.1, 0.15) is 12.6 Å². The van der Waals surface area contributed by atoms with Crippen LogP contribution in [-0.2, 0) is 34.6 Å². The molecule has 344 valence electrons. The molecule has 2 heterocycles. The number of anilines is 2. The molecule has 2 amide bonds. The minimum atomic E-state index is -0.750. The van der Waals surface area contributed by atoms with Gasteiger partial charge in [0.2, 0.25) is 5.91 Å². The van der Waals surface area contributed by atoms with E-state index in [2.05, 4.69) is 52.1 Å². The monoisotopic (exact) mass is 1030 g/mol. The Hall–Kier alpha value is -3.82. The van der Waals surface area contributed by atoms with Gasteiger partial charge in [-0.3, -0.25) is 19.6 Å². The number of likely N-dealkylation sites (N-methyl/N-ethyl adjacent to an activating group) is 2. The first-order chi connectivity index (χ1) is 31.4. The minimum Gasteiger partial charge on any atom is -0.850 e. The van der Waals surface area contributed by atoms with Crippen LogP contribution in [0.3, 0.4) is 0 Å². The minimum absolute atomic E-state index is 0. The zero-order valence-electron chi connectivity index (χ0n) is 39.4. The third-order valence-electron chi connectivity index (χ3n) is 10.7. The van der Waals surface area contributed by atoms with Gasteiger partial charge in [0.15, 0.2) is 0 Å². The molecule has 2 aliphatic heterocycles. The SMILES string of the molecule is CC(C)(C)[O-].CN1C(=O)CN=C(c2ccc(CO)cc2)c2cc(Cl)ccc21.Cc1ccccc1CBr.Cc1ccccc1CC1N=C(c2ccc(CO)cc2)c2cc(Cl)ccc2N(C)C1=O.[K+]. The summed E-state index contributed by atoms with van der Waals surface area (Å²) in [7, 11) is 3.52. The fourth-order valence-electron chi connectivity index (χ4n) is 7.03. The topological polar surface area (TPSA) is 129 Å². The van der Waals surface area contributed by atoms with Gasteiger partial charge in [0.05, 0.1) is 36.0 Å². The molecule has 1 unspecified atom stereocenters. The zero-order valence-corrected chi connectivity index (χ0v) is 45.6. The predicted molar refractivity (Wildman–Crippen MR) is 273 cm³/mol. The number of hydrogen-bond acceptors (Lipinski definition) is 7. The van der Waals surface area contributed by atoms with Crippen molar-refractivity contribution in [3.05, 3.63) is 199 Å². The van der Waals surface area contributed by atoms with Gasteiger partial charge in [-0.15, -0.1) is 5.60 Å². The van der Waals surface area contributed by atoms with Crippen LogP contribution in [0.15, 0.2) is 143 Å². The standard InChI is InChI=1S/C25H23ClN2O2.C17H15ClN2O2.C8H9Br.C4H9O.K/c1-16-5-3-4-6-19(16)13-22-25(30)28(2)23-12-11-20(26)14-21(23)24(27-22)18-9-7-17(15-29)8-10-18;1-20-15-7-6-13(18)8-14(15)17(19-9-16(20)22)12-4-2-11(10-21)3-5-12;1-7-4-2-3-5-8(7)6-9;1-4(2,3)5;/h3-12,14,22,29H,13,15H2,1-2H3;2-8,21H,9-10H2,1H3;2-5H,6H2,1H3;1-3H3;/q;;;-1;+1. The number of fused-ring (bicyclic) bond motifs is 2. The number of aryl methyl sites for hydroxylation is 2. The van der Waals surface area contributed by atoms with Gasteiger partial charge in [-0.05, 0) is 83.6 Å². The number of rotatable bonds is 7. The predicted octanol–water partition coefficient (Wildman–Crippen LogP) is 7.25. The molecular formula is C54H56BrCl2KN4O5. The molecule has 0 spiro atoms. The number of benzodiazepines with no additional fused rings is 2. The van der Waals surface area contributed by atoms with E-state index in [4.69, 9.17) is 33.3 Å². The number of alkyl halides is 1. The Labute approximate surface area is 456 Å². The average molecular weight is 1030 g/mol. The molecule has 0 aliphatic carbocycles. The maximum Gasteiger partial charge on any atom is 1.00 e. The number of aliphatic hydroxyl groups is 2. The summed E-state index contributed by atoms with van der Waals surface area (Å²) in [5.41, 5.74) is 12.3. The molecule has 0 aromatic heterocycles. The van der Waals surface area contributed by atoms with Gasteiger partial charge in [-0.2, -0.15) is 0 Å². The number of aliphatic hydroxyl groups excluding tert-OH is 2. The maximum absolute atomic E-state index is 13.3. The molecular weight excluding hydrogens is 975 g/mol. The van der Waals surface area contributed by atoms with Crippen LogP contribution in [0, 0.1) is 13.8 Å². The van der Waals surface area contributed by atoms with Crippen molar-refractivity contribution in [2.24, 2.45) is 9.98 Å². The molecule has 6 aromatic rings. The summed E-state index contributed by atoms with van der Waals surface area (Å²) in [4.78, 5) is 38.1. The van der Waals surface area contributed by atoms with Crippen molar-refractivity contribution in [3.8, 4) is 0 Å². The van der Waals surface area contributed by atoms with Crippen molar-refractivity contribution in [2.75, 3.05) is 30.4 Å². The van der Waals surface area contributed by atoms with Gasteiger partial charge < -0.3 is 25.1 Å². The Bertz CT molecular complexity index is 2680. The summed E-state index contributed by atoms with van der Waals surface area (Å²) in [6, 6.07) is 41.9. The zero-order chi connectivity index (χ0) is 48.1. The Kier molecular flexibility index (Phi) is 21.8. The molecule has 8 rings (SSSR count). The summed E-state index contributed by atoms with van der Waals surface area (Å²) < 4.78 is 0. The van der Waals surface area contributed by atoms with Gasteiger partial charge >= 0.3 is 51.4 Å². The van der Waals surface area contributed by atoms with Crippen molar-refractivity contribution in [1.82, 2.24) is 0 Å². The Morgan fingerprint density at radius 1 is 0.672 bits per heavy atom. The summed E-state index contributed by atoms with van der Waals surface area (Å²) in [6.45, 7) is 9.14. The smallest absolute Gasteiger partial charge is 0.850 e. The number of nitrogens with zero attached hydrogens (tertiary/aromatic N) is 4. The molecule has 0 fully saturated rings. The van der Waals surface area contributed by atoms with E-state index in [1.54, 1.807) is 56.8 Å². The number of carbonyl (C=O) groups excluding carboxylic acids is 2. The Morgan fingerprint density at radius 3 is 1.55 bits per heavy atom. The maximum atomic E-state index is 13.3. The van der Waals surface area contributed by atoms with Crippen LogP contribution in [0.1, 0.15) is 76.4 Å². The largest absolute Gasteiger partial charge is 1.00 e. The molecule has 1 atom stereocenters. The van der Waals surface area contributed by atoms with Gasteiger partial charge in [-0.1, -0.05) is 157 Å². The Balaban J connectivity index is 0.000000230. The van der Waals surface area contributed by atoms with Crippen LogP contribution in [0.25, 0.3) is 0 Å². The van der Waals surface area contributed by atoms with Crippen LogP contribution >= 0.6 is 39.1 Å². The van der Waals surface area contributed by atoms with Gasteiger partial charge in [0, 0.05) is 58.1 Å². The Morgan fingerprint density at radius 2 is 1.10 bits per heavy atom. The number of aliphatic imine (C=N–C) groups is 2. The summed E-state index contributed by atoms with van der Waals surface area (Å²) in [6.07, 6.45) is 0.524. The number of benzene rings is 6. The normalized spacial score (nSPS) is 14.1. The number of halogens is 3. The molecule has 0 saturated heterocycles. The second-order valence-electron chi connectivity index (χ2n) is 16.8. The average Bonchev–Trinajstić information content (AvgIpc) is 3.48. The third kappa shape index (κ3) is 15.9. The fraction of sp³-hybridized carbons (Fsp3) is 0.259. The number of amides is 2. The van der Waals surface area contributed by atoms with Crippen molar-refractivity contribution in [2.45, 2.75) is 71.2 Å². The second-order valence-corrected chi connectivity index (χ2v) is 18.3. The van der Waals surface area contributed by atoms with E-state index < -0.39 is 11.6 Å². The van der Waals surface area contributed by atoms with Crippen LogP contribution in [0.5, 0.6) is 0 Å². The quantitative estimate of drug-likeness (QED) is 0.129. The van der Waals surface area contributed by atoms with Crippen LogP contribution in [0.2, 0.25) is 10.0 Å². The van der Waals surface area contributed by atoms with Crippen LogP contribution in [0.4, 0.5) is 11.4 Å². The third-order valence-corrected chi connectivity index (χ3v) is 11.8. The van der Waals surface area contributed by atoms with Crippen LogP contribution < -0.4 is 66.3 Å². The summed E-state index contributed by atoms with van der Waals surface area (Å²) in [5.74, 6) is -0.116. The number of carbonyl (C=O) groups is 2. The second kappa shape index (κ2) is 26.2. The van der Waals surface area contributed by atoms with E-state index in [0.717, 1.165) is 72.6 Å². The van der Waals surface area contributed by atoms with Gasteiger partial charge in [0.25, 0.3) is 5.91 Å². The molecule has 2 N–H and O–H groups in total. The van der Waals surface area contributed by atoms with Crippen molar-refractivity contribution in [1.29, 1.82) is 0 Å². The van der Waals surface area contributed by atoms with E-state index in [9.17, 15) is 19.8 Å². The summed E-state index contributed by atoms with van der Waals surface area (Å²) >= 11 is 15.8. The molecule has 67 heavy (non-hydrogen) atoms. The van der Waals surface area contributed by atoms with E-state index in [1.807, 2.05) is 104 Å². The molecule has 13 heteroatoms. The molecule has 6 aromatic carbocycles. The molecule has 0 bridgehead atoms. The fourth-order valence-corrected chi connectivity index (χ4v) is 8.00. The number of hydrogen-bond donors (Lipinski definition) is 2. The van der Waals surface area contributed by atoms with E-state index in [0.29, 0.717) is 16.5 Å². The van der Waals surface area contributed by atoms with E-state index in [-0.39, 0.29) is 83.0 Å². The van der Waals surface area contributed by atoms with E-state index >= 15 is 0 Å². The first-order valence-corrected chi connectivity index (χ1v) is 23.3. The first-order valence-electron chi connectivity index (χ1n) is 21.4. The molecule has 2 aliphatic rings. The van der Waals surface area contributed by atoms with Crippen molar-refractivity contribution < 1.29 is 76.3 Å². The van der Waals surface area contributed by atoms with Crippen molar-refractivity contribution in [3.63, 3.8) is 0 Å². The molecule has 9 nitrogen and oxygen atoms in total. The molecule has 0 saturated carbocycles.